The number of anilines is 1. The van der Waals surface area contributed by atoms with Gasteiger partial charge in [-0.05, 0) is 49.5 Å². The van der Waals surface area contributed by atoms with Gasteiger partial charge in [0.25, 0.3) is 5.91 Å². The van der Waals surface area contributed by atoms with Gasteiger partial charge in [-0.2, -0.15) is 0 Å². The molecule has 4 rings (SSSR count). The van der Waals surface area contributed by atoms with Gasteiger partial charge in [-0.15, -0.1) is 0 Å². The number of rotatable bonds is 6. The standard InChI is InChI=1S/C21H22N4O4/c1-24(2)8-7-22-20(27)14-4-6-18-17(10-14)25(21(28)29-18)12-13-3-5-16-15(9-13)11-19(26)23-16/h3-6,9-10H,7-8,11-12H2,1-2H3,(H,22,27)(H,23,26). The van der Waals surface area contributed by atoms with Crippen LogP contribution in [-0.2, 0) is 17.8 Å². The van der Waals surface area contributed by atoms with Crippen molar-refractivity contribution in [3.8, 4) is 0 Å². The first kappa shape index (κ1) is 18.9. The molecule has 1 aliphatic rings. The molecule has 2 N–H and O–H groups in total. The third-order valence-corrected chi connectivity index (χ3v) is 4.91. The maximum absolute atomic E-state index is 12.4. The molecule has 3 aromatic rings. The minimum atomic E-state index is -0.486. The van der Waals surface area contributed by atoms with E-state index in [1.807, 2.05) is 37.2 Å². The number of carbonyl (C=O) groups excluding carboxylic acids is 2. The Labute approximate surface area is 167 Å². The lowest BCUT2D eigenvalue weighted by Crippen LogP contribution is -2.31. The summed E-state index contributed by atoms with van der Waals surface area (Å²) in [5, 5.41) is 5.66. The zero-order valence-electron chi connectivity index (χ0n) is 16.3. The predicted octanol–water partition coefficient (Wildman–Crippen LogP) is 1.43. The van der Waals surface area contributed by atoms with E-state index in [-0.39, 0.29) is 11.8 Å². The van der Waals surface area contributed by atoms with Crippen LogP contribution in [0.4, 0.5) is 5.69 Å². The fourth-order valence-corrected chi connectivity index (χ4v) is 3.41. The van der Waals surface area contributed by atoms with E-state index in [1.165, 1.54) is 4.57 Å². The summed E-state index contributed by atoms with van der Waals surface area (Å²) in [5.41, 5.74) is 4.05. The summed E-state index contributed by atoms with van der Waals surface area (Å²) >= 11 is 0. The summed E-state index contributed by atoms with van der Waals surface area (Å²) < 4.78 is 6.83. The second-order valence-electron chi connectivity index (χ2n) is 7.41. The molecule has 0 radical (unpaired) electrons. The molecule has 8 heteroatoms. The van der Waals surface area contributed by atoms with Crippen molar-refractivity contribution in [3.63, 3.8) is 0 Å². The Bertz CT molecular complexity index is 1160. The Hall–Kier alpha value is -3.39. The number of oxazole rings is 1. The molecule has 8 nitrogen and oxygen atoms in total. The van der Waals surface area contributed by atoms with Crippen LogP contribution in [0, 0.1) is 0 Å². The summed E-state index contributed by atoms with van der Waals surface area (Å²) in [6.45, 7) is 1.56. The molecule has 0 fully saturated rings. The maximum Gasteiger partial charge on any atom is 0.420 e. The molecule has 1 aromatic heterocycles. The molecule has 0 spiro atoms. The zero-order valence-corrected chi connectivity index (χ0v) is 16.3. The first-order valence-corrected chi connectivity index (χ1v) is 9.38. The molecular weight excluding hydrogens is 372 g/mol. The van der Waals surface area contributed by atoms with Gasteiger partial charge in [0.2, 0.25) is 5.91 Å². The van der Waals surface area contributed by atoms with Crippen molar-refractivity contribution >= 4 is 28.6 Å². The third-order valence-electron chi connectivity index (χ3n) is 4.91. The lowest BCUT2D eigenvalue weighted by Gasteiger charge is -2.10. The molecule has 29 heavy (non-hydrogen) atoms. The first-order valence-electron chi connectivity index (χ1n) is 9.38. The van der Waals surface area contributed by atoms with Crippen LogP contribution < -0.4 is 16.4 Å². The van der Waals surface area contributed by atoms with Gasteiger partial charge in [0, 0.05) is 24.3 Å². The van der Waals surface area contributed by atoms with Gasteiger partial charge in [-0.25, -0.2) is 4.79 Å². The molecule has 0 bridgehead atoms. The van der Waals surface area contributed by atoms with Gasteiger partial charge in [0.05, 0.1) is 18.5 Å². The van der Waals surface area contributed by atoms with Gasteiger partial charge in [-0.1, -0.05) is 12.1 Å². The summed E-state index contributed by atoms with van der Waals surface area (Å²) in [6.07, 6.45) is 0.335. The van der Waals surface area contributed by atoms with E-state index in [1.54, 1.807) is 18.2 Å². The first-order chi connectivity index (χ1) is 13.9. The number of benzene rings is 2. The monoisotopic (exact) mass is 394 g/mol. The van der Waals surface area contributed by atoms with Gasteiger partial charge in [0.1, 0.15) is 0 Å². The van der Waals surface area contributed by atoms with E-state index in [4.69, 9.17) is 4.42 Å². The van der Waals surface area contributed by atoms with Crippen LogP contribution in [0.25, 0.3) is 11.1 Å². The number of carbonyl (C=O) groups is 2. The largest absolute Gasteiger partial charge is 0.420 e. The number of aromatic nitrogens is 1. The fourth-order valence-electron chi connectivity index (χ4n) is 3.41. The fraction of sp³-hybridized carbons (Fsp3) is 0.286. The van der Waals surface area contributed by atoms with Crippen molar-refractivity contribution in [1.82, 2.24) is 14.8 Å². The highest BCUT2D eigenvalue weighted by molar-refractivity contribution is 5.99. The summed E-state index contributed by atoms with van der Waals surface area (Å²) in [4.78, 5) is 38.3. The van der Waals surface area contributed by atoms with Crippen LogP contribution in [-0.4, -0.2) is 48.5 Å². The van der Waals surface area contributed by atoms with Crippen molar-refractivity contribution in [3.05, 3.63) is 63.6 Å². The minimum Gasteiger partial charge on any atom is -0.408 e. The molecule has 0 atom stereocenters. The van der Waals surface area contributed by atoms with Gasteiger partial charge >= 0.3 is 5.76 Å². The molecule has 0 aliphatic carbocycles. The lowest BCUT2D eigenvalue weighted by molar-refractivity contribution is -0.115. The lowest BCUT2D eigenvalue weighted by atomic mass is 10.1. The highest BCUT2D eigenvalue weighted by Crippen LogP contribution is 2.25. The van der Waals surface area contributed by atoms with E-state index >= 15 is 0 Å². The van der Waals surface area contributed by atoms with E-state index in [2.05, 4.69) is 10.6 Å². The second-order valence-corrected chi connectivity index (χ2v) is 7.41. The van der Waals surface area contributed by atoms with Crippen molar-refractivity contribution in [2.24, 2.45) is 0 Å². The summed E-state index contributed by atoms with van der Waals surface area (Å²) in [7, 11) is 3.88. The Balaban J connectivity index is 1.60. The number of likely N-dealkylation sites (N-methyl/N-ethyl adjacent to an activating group) is 1. The maximum atomic E-state index is 12.4. The van der Waals surface area contributed by atoms with Crippen molar-refractivity contribution < 1.29 is 14.0 Å². The van der Waals surface area contributed by atoms with E-state index in [0.717, 1.165) is 23.4 Å². The molecule has 0 saturated heterocycles. The number of amides is 2. The average Bonchev–Trinajstić information content (AvgIpc) is 3.19. The molecule has 2 heterocycles. The molecule has 1 aliphatic heterocycles. The highest BCUT2D eigenvalue weighted by atomic mass is 16.4. The van der Waals surface area contributed by atoms with Crippen LogP contribution in [0.1, 0.15) is 21.5 Å². The Kier molecular flexibility index (Phi) is 4.94. The zero-order chi connectivity index (χ0) is 20.5. The highest BCUT2D eigenvalue weighted by Gasteiger charge is 2.18. The van der Waals surface area contributed by atoms with Crippen molar-refractivity contribution in [1.29, 1.82) is 0 Å². The molecule has 2 amide bonds. The normalized spacial score (nSPS) is 13.0. The van der Waals surface area contributed by atoms with Crippen LogP contribution in [0.5, 0.6) is 0 Å². The molecule has 150 valence electrons. The molecular formula is C21H22N4O4. The van der Waals surface area contributed by atoms with E-state index < -0.39 is 5.76 Å². The molecule has 2 aromatic carbocycles. The molecule has 0 saturated carbocycles. The number of hydrogen-bond acceptors (Lipinski definition) is 5. The quantitative estimate of drug-likeness (QED) is 0.659. The Morgan fingerprint density at radius 1 is 1.21 bits per heavy atom. The van der Waals surface area contributed by atoms with Gasteiger partial charge in [0.15, 0.2) is 5.58 Å². The van der Waals surface area contributed by atoms with Gasteiger partial charge < -0.3 is 20.0 Å². The Morgan fingerprint density at radius 3 is 2.83 bits per heavy atom. The van der Waals surface area contributed by atoms with E-state index in [0.29, 0.717) is 36.2 Å². The second kappa shape index (κ2) is 7.56. The number of nitrogens with one attached hydrogen (secondary N) is 2. The Morgan fingerprint density at radius 2 is 2.03 bits per heavy atom. The summed E-state index contributed by atoms with van der Waals surface area (Å²) in [5.74, 6) is -0.719. The number of fused-ring (bicyclic) bond motifs is 2. The average molecular weight is 394 g/mol. The SMILES string of the molecule is CN(C)CCNC(=O)c1ccc2oc(=O)n(Cc3ccc4c(c3)CC(=O)N4)c2c1. The van der Waals surface area contributed by atoms with Crippen LogP contribution in [0.15, 0.2) is 45.6 Å². The van der Waals surface area contributed by atoms with Crippen LogP contribution >= 0.6 is 0 Å². The minimum absolute atomic E-state index is 0.0343. The van der Waals surface area contributed by atoms with E-state index in [9.17, 15) is 14.4 Å². The van der Waals surface area contributed by atoms with Crippen molar-refractivity contribution in [2.75, 3.05) is 32.5 Å². The van der Waals surface area contributed by atoms with Crippen LogP contribution in [0.3, 0.4) is 0 Å². The smallest absolute Gasteiger partial charge is 0.408 e. The number of hydrogen-bond donors (Lipinski definition) is 2. The van der Waals surface area contributed by atoms with Gasteiger partial charge in [-0.3, -0.25) is 14.2 Å². The van der Waals surface area contributed by atoms with Crippen LogP contribution in [0.2, 0.25) is 0 Å². The topological polar surface area (TPSA) is 96.6 Å². The summed E-state index contributed by atoms with van der Waals surface area (Å²) in [6, 6.07) is 10.6. The predicted molar refractivity (Wildman–Crippen MR) is 109 cm³/mol. The number of nitrogens with zero attached hydrogens (tertiary/aromatic N) is 2. The molecule has 0 unspecified atom stereocenters. The third kappa shape index (κ3) is 3.93. The van der Waals surface area contributed by atoms with Crippen molar-refractivity contribution in [2.45, 2.75) is 13.0 Å².